The number of pyridine rings is 1. The molecule has 3 rings (SSSR count). The van der Waals surface area contributed by atoms with E-state index in [9.17, 15) is 0 Å². The number of aromatic nitrogens is 1. The van der Waals surface area contributed by atoms with Gasteiger partial charge in [0.05, 0.1) is 20.3 Å². The molecule has 0 unspecified atom stereocenters. The van der Waals surface area contributed by atoms with Crippen molar-refractivity contribution in [2.75, 3.05) is 40.0 Å². The van der Waals surface area contributed by atoms with Gasteiger partial charge in [-0.15, -0.1) is 0 Å². The zero-order chi connectivity index (χ0) is 17.3. The second-order valence-electron chi connectivity index (χ2n) is 6.19. The summed E-state index contributed by atoms with van der Waals surface area (Å²) in [5.74, 6) is 1.55. The Bertz CT molecular complexity index is 643. The summed E-state index contributed by atoms with van der Waals surface area (Å²) in [4.78, 5) is 6.58. The maximum Gasteiger partial charge on any atom is 0.161 e. The fraction of sp³-hybridized carbons (Fsp3) is 0.450. The van der Waals surface area contributed by atoms with Crippen LogP contribution in [0, 0.1) is 0 Å². The lowest BCUT2D eigenvalue weighted by Gasteiger charge is -2.26. The van der Waals surface area contributed by atoms with Gasteiger partial charge in [-0.05, 0) is 43.1 Å². The predicted octanol–water partition coefficient (Wildman–Crippen LogP) is 2.93. The van der Waals surface area contributed by atoms with E-state index in [0.717, 1.165) is 62.8 Å². The second kappa shape index (κ2) is 9.39. The molecule has 0 N–H and O–H groups in total. The number of benzene rings is 1. The molecule has 0 spiro atoms. The number of morpholine rings is 1. The normalized spacial score (nSPS) is 15.1. The number of nitrogens with zero attached hydrogens (tertiary/aromatic N) is 2. The van der Waals surface area contributed by atoms with E-state index in [0.29, 0.717) is 6.61 Å². The highest BCUT2D eigenvalue weighted by Gasteiger charge is 2.10. The van der Waals surface area contributed by atoms with Crippen LogP contribution in [0.5, 0.6) is 11.5 Å². The molecule has 2 aromatic rings. The van der Waals surface area contributed by atoms with Crippen molar-refractivity contribution in [1.29, 1.82) is 0 Å². The van der Waals surface area contributed by atoms with Crippen molar-refractivity contribution in [3.05, 3.63) is 53.9 Å². The summed E-state index contributed by atoms with van der Waals surface area (Å²) in [6.07, 6.45) is 5.75. The highest BCUT2D eigenvalue weighted by molar-refractivity contribution is 5.43. The second-order valence-corrected chi connectivity index (χ2v) is 6.19. The molecule has 0 bridgehead atoms. The van der Waals surface area contributed by atoms with E-state index in [-0.39, 0.29) is 0 Å². The Labute approximate surface area is 149 Å². The number of hydrogen-bond acceptors (Lipinski definition) is 5. The van der Waals surface area contributed by atoms with Crippen molar-refractivity contribution in [3.63, 3.8) is 0 Å². The zero-order valence-electron chi connectivity index (χ0n) is 14.8. The average molecular weight is 342 g/mol. The molecular formula is C20H26N2O3. The van der Waals surface area contributed by atoms with Gasteiger partial charge in [0.2, 0.25) is 0 Å². The first-order chi connectivity index (χ1) is 12.3. The number of aryl methyl sites for hydroxylation is 1. The molecule has 0 saturated carbocycles. The summed E-state index contributed by atoms with van der Waals surface area (Å²) in [5, 5.41) is 0. The lowest BCUT2D eigenvalue weighted by molar-refractivity contribution is 0.0374. The molecule has 5 heteroatoms. The van der Waals surface area contributed by atoms with E-state index >= 15 is 0 Å². The molecule has 0 radical (unpaired) electrons. The van der Waals surface area contributed by atoms with Crippen LogP contribution in [0.25, 0.3) is 0 Å². The molecule has 1 fully saturated rings. The van der Waals surface area contributed by atoms with Crippen LogP contribution >= 0.6 is 0 Å². The molecule has 1 aromatic carbocycles. The fourth-order valence-corrected chi connectivity index (χ4v) is 2.97. The molecule has 1 aromatic heterocycles. The maximum absolute atomic E-state index is 5.96. The van der Waals surface area contributed by atoms with Crippen molar-refractivity contribution < 1.29 is 14.2 Å². The standard InChI is InChI=1S/C20H26N2O3/c1-23-19-7-6-17(5-3-9-22-10-12-24-13-11-22)14-20(19)25-16-18-4-2-8-21-15-18/h2,4,6-8,14-15H,3,5,9-13,16H2,1H3. The van der Waals surface area contributed by atoms with E-state index < -0.39 is 0 Å². The van der Waals surface area contributed by atoms with Crippen LogP contribution in [0.2, 0.25) is 0 Å². The first kappa shape index (κ1) is 17.7. The molecule has 5 nitrogen and oxygen atoms in total. The van der Waals surface area contributed by atoms with Crippen LogP contribution in [0.15, 0.2) is 42.7 Å². The monoisotopic (exact) mass is 342 g/mol. The van der Waals surface area contributed by atoms with Gasteiger partial charge in [-0.25, -0.2) is 0 Å². The van der Waals surface area contributed by atoms with E-state index in [4.69, 9.17) is 14.2 Å². The van der Waals surface area contributed by atoms with Crippen molar-refractivity contribution in [1.82, 2.24) is 9.88 Å². The quantitative estimate of drug-likeness (QED) is 0.738. The smallest absolute Gasteiger partial charge is 0.161 e. The van der Waals surface area contributed by atoms with Crippen LogP contribution in [-0.2, 0) is 17.8 Å². The zero-order valence-corrected chi connectivity index (χ0v) is 14.8. The van der Waals surface area contributed by atoms with Gasteiger partial charge in [0.15, 0.2) is 11.5 Å². The topological polar surface area (TPSA) is 43.8 Å². The van der Waals surface area contributed by atoms with E-state index in [1.54, 1.807) is 13.3 Å². The van der Waals surface area contributed by atoms with Crippen molar-refractivity contribution in [3.8, 4) is 11.5 Å². The first-order valence-corrected chi connectivity index (χ1v) is 8.84. The van der Waals surface area contributed by atoms with Gasteiger partial charge in [-0.1, -0.05) is 12.1 Å². The summed E-state index contributed by atoms with van der Waals surface area (Å²) in [6.45, 7) is 5.40. The van der Waals surface area contributed by atoms with Gasteiger partial charge >= 0.3 is 0 Å². The SMILES string of the molecule is COc1ccc(CCCN2CCOCC2)cc1OCc1cccnc1. The Morgan fingerprint density at radius 1 is 1.12 bits per heavy atom. The predicted molar refractivity (Wildman–Crippen MR) is 97.1 cm³/mol. The molecule has 25 heavy (non-hydrogen) atoms. The third-order valence-corrected chi connectivity index (χ3v) is 4.39. The summed E-state index contributed by atoms with van der Waals surface area (Å²) in [5.41, 5.74) is 2.32. The summed E-state index contributed by atoms with van der Waals surface area (Å²) in [6, 6.07) is 10.1. The van der Waals surface area contributed by atoms with Crippen LogP contribution in [-0.4, -0.2) is 49.8 Å². The summed E-state index contributed by atoms with van der Waals surface area (Å²) < 4.78 is 16.8. The molecule has 1 aliphatic rings. The minimum Gasteiger partial charge on any atom is -0.493 e. The Kier molecular flexibility index (Phi) is 6.65. The Hall–Kier alpha value is -2.11. The minimum absolute atomic E-state index is 0.488. The molecular weight excluding hydrogens is 316 g/mol. The highest BCUT2D eigenvalue weighted by Crippen LogP contribution is 2.29. The van der Waals surface area contributed by atoms with E-state index in [1.807, 2.05) is 24.4 Å². The molecule has 2 heterocycles. The van der Waals surface area contributed by atoms with Crippen molar-refractivity contribution >= 4 is 0 Å². The van der Waals surface area contributed by atoms with E-state index in [2.05, 4.69) is 22.0 Å². The van der Waals surface area contributed by atoms with Gasteiger partial charge in [-0.2, -0.15) is 0 Å². The summed E-state index contributed by atoms with van der Waals surface area (Å²) in [7, 11) is 1.67. The van der Waals surface area contributed by atoms with Crippen molar-refractivity contribution in [2.45, 2.75) is 19.4 Å². The number of methoxy groups -OCH3 is 1. The lowest BCUT2D eigenvalue weighted by atomic mass is 10.1. The van der Waals surface area contributed by atoms with E-state index in [1.165, 1.54) is 5.56 Å². The van der Waals surface area contributed by atoms with Crippen LogP contribution in [0.3, 0.4) is 0 Å². The summed E-state index contributed by atoms with van der Waals surface area (Å²) >= 11 is 0. The molecule has 0 aliphatic carbocycles. The van der Waals surface area contributed by atoms with Crippen LogP contribution in [0.1, 0.15) is 17.5 Å². The van der Waals surface area contributed by atoms with Gasteiger partial charge in [0.1, 0.15) is 6.61 Å². The molecule has 1 aliphatic heterocycles. The maximum atomic E-state index is 5.96. The molecule has 0 amide bonds. The van der Waals surface area contributed by atoms with Gasteiger partial charge in [0.25, 0.3) is 0 Å². The van der Waals surface area contributed by atoms with Crippen LogP contribution in [0.4, 0.5) is 0 Å². The molecule has 1 saturated heterocycles. The lowest BCUT2D eigenvalue weighted by Crippen LogP contribution is -2.36. The molecule has 0 atom stereocenters. The highest BCUT2D eigenvalue weighted by atomic mass is 16.5. The minimum atomic E-state index is 0.488. The number of hydrogen-bond donors (Lipinski definition) is 0. The largest absolute Gasteiger partial charge is 0.493 e. The number of ether oxygens (including phenoxy) is 3. The van der Waals surface area contributed by atoms with Crippen molar-refractivity contribution in [2.24, 2.45) is 0 Å². The average Bonchev–Trinajstić information content (AvgIpc) is 2.68. The van der Waals surface area contributed by atoms with Gasteiger partial charge < -0.3 is 14.2 Å². The third-order valence-electron chi connectivity index (χ3n) is 4.39. The third kappa shape index (κ3) is 5.44. The fourth-order valence-electron chi connectivity index (χ4n) is 2.97. The first-order valence-electron chi connectivity index (χ1n) is 8.84. The van der Waals surface area contributed by atoms with Crippen LogP contribution < -0.4 is 9.47 Å². The number of rotatable bonds is 8. The van der Waals surface area contributed by atoms with Gasteiger partial charge in [0, 0.05) is 31.0 Å². The molecule has 134 valence electrons. The Morgan fingerprint density at radius 2 is 2.00 bits per heavy atom. The van der Waals surface area contributed by atoms with Gasteiger partial charge in [-0.3, -0.25) is 9.88 Å². The Balaban J connectivity index is 1.55. The Morgan fingerprint density at radius 3 is 2.76 bits per heavy atom.